The summed E-state index contributed by atoms with van der Waals surface area (Å²) in [5.41, 5.74) is 1.12. The summed E-state index contributed by atoms with van der Waals surface area (Å²) in [6, 6.07) is 8.53. The van der Waals surface area contributed by atoms with Crippen molar-refractivity contribution in [1.29, 1.82) is 0 Å². The Balaban J connectivity index is 2.08. The van der Waals surface area contributed by atoms with E-state index in [1.165, 1.54) is 6.20 Å². The topological polar surface area (TPSA) is 51.2 Å². The lowest BCUT2D eigenvalue weighted by Gasteiger charge is -2.09. The Bertz CT molecular complexity index is 632. The van der Waals surface area contributed by atoms with Gasteiger partial charge in [0, 0.05) is 5.56 Å². The second-order valence-electron chi connectivity index (χ2n) is 4.32. The highest BCUT2D eigenvalue weighted by molar-refractivity contribution is 9.10. The first-order valence-corrected chi connectivity index (χ1v) is 7.62. The van der Waals surface area contributed by atoms with Crippen LogP contribution < -0.4 is 10.1 Å². The maximum absolute atomic E-state index is 12.1. The number of anilines is 1. The predicted octanol–water partition coefficient (Wildman–Crippen LogP) is 4.54. The number of aromatic nitrogens is 1. The number of halogens is 2. The number of carbonyl (C=O) groups is 1. The molecule has 0 fully saturated rings. The molecule has 1 N–H and O–H groups in total. The molecule has 1 aromatic heterocycles. The van der Waals surface area contributed by atoms with E-state index in [0.717, 1.165) is 16.6 Å². The SMILES string of the molecule is CCCOc1ccc(C(=O)Nc2ccc(Cl)nc2)cc1Br. The van der Waals surface area contributed by atoms with Crippen molar-refractivity contribution < 1.29 is 9.53 Å². The van der Waals surface area contributed by atoms with E-state index in [1.54, 1.807) is 30.3 Å². The van der Waals surface area contributed by atoms with E-state index in [-0.39, 0.29) is 5.91 Å². The molecule has 1 heterocycles. The van der Waals surface area contributed by atoms with Gasteiger partial charge in [0.1, 0.15) is 10.9 Å². The Morgan fingerprint density at radius 2 is 2.19 bits per heavy atom. The van der Waals surface area contributed by atoms with Gasteiger partial charge in [-0.3, -0.25) is 4.79 Å². The van der Waals surface area contributed by atoms with Gasteiger partial charge in [-0.2, -0.15) is 0 Å². The average molecular weight is 370 g/mol. The molecule has 1 aromatic carbocycles. The van der Waals surface area contributed by atoms with Crippen molar-refractivity contribution in [2.45, 2.75) is 13.3 Å². The van der Waals surface area contributed by atoms with E-state index < -0.39 is 0 Å². The van der Waals surface area contributed by atoms with Gasteiger partial charge in [-0.15, -0.1) is 0 Å². The molecule has 110 valence electrons. The van der Waals surface area contributed by atoms with Gasteiger partial charge >= 0.3 is 0 Å². The summed E-state index contributed by atoms with van der Waals surface area (Å²) in [7, 11) is 0. The molecular weight excluding hydrogens is 356 g/mol. The molecule has 0 aliphatic carbocycles. The number of nitrogens with one attached hydrogen (secondary N) is 1. The van der Waals surface area contributed by atoms with Crippen molar-refractivity contribution in [3.05, 3.63) is 51.7 Å². The zero-order chi connectivity index (χ0) is 15.2. The number of nitrogens with zero attached hydrogens (tertiary/aromatic N) is 1. The fourth-order valence-corrected chi connectivity index (χ4v) is 2.23. The van der Waals surface area contributed by atoms with E-state index >= 15 is 0 Å². The van der Waals surface area contributed by atoms with Gasteiger partial charge < -0.3 is 10.1 Å². The average Bonchev–Trinajstić information content (AvgIpc) is 2.48. The Labute approximate surface area is 136 Å². The van der Waals surface area contributed by atoms with E-state index in [0.29, 0.717) is 23.0 Å². The molecule has 6 heteroatoms. The number of rotatable bonds is 5. The second-order valence-corrected chi connectivity index (χ2v) is 5.56. The molecule has 0 saturated carbocycles. The molecule has 0 aliphatic heterocycles. The van der Waals surface area contributed by atoms with Crippen LogP contribution in [0, 0.1) is 0 Å². The first kappa shape index (κ1) is 15.8. The Hall–Kier alpha value is -1.59. The van der Waals surface area contributed by atoms with Crippen LogP contribution in [-0.2, 0) is 0 Å². The van der Waals surface area contributed by atoms with Gasteiger partial charge in [-0.1, -0.05) is 18.5 Å². The molecule has 21 heavy (non-hydrogen) atoms. The third-order valence-corrected chi connectivity index (χ3v) is 3.48. The monoisotopic (exact) mass is 368 g/mol. The zero-order valence-electron chi connectivity index (χ0n) is 11.4. The first-order chi connectivity index (χ1) is 10.1. The molecule has 2 rings (SSSR count). The lowest BCUT2D eigenvalue weighted by molar-refractivity contribution is 0.102. The third-order valence-electron chi connectivity index (χ3n) is 2.64. The minimum atomic E-state index is -0.220. The molecule has 0 unspecified atom stereocenters. The van der Waals surface area contributed by atoms with Crippen LogP contribution in [0.15, 0.2) is 41.0 Å². The Morgan fingerprint density at radius 1 is 1.38 bits per heavy atom. The first-order valence-electron chi connectivity index (χ1n) is 6.45. The molecular formula is C15H14BrClN2O2. The standard InChI is InChI=1S/C15H14BrClN2O2/c1-2-7-21-13-5-3-10(8-12(13)16)15(20)19-11-4-6-14(17)18-9-11/h3-6,8-9H,2,7H2,1H3,(H,19,20). The molecule has 0 bridgehead atoms. The minimum Gasteiger partial charge on any atom is -0.492 e. The maximum Gasteiger partial charge on any atom is 0.255 e. The highest BCUT2D eigenvalue weighted by Crippen LogP contribution is 2.26. The van der Waals surface area contributed by atoms with Gasteiger partial charge in [-0.05, 0) is 52.7 Å². The van der Waals surface area contributed by atoms with Crippen LogP contribution in [0.2, 0.25) is 5.15 Å². The fraction of sp³-hybridized carbons (Fsp3) is 0.200. The van der Waals surface area contributed by atoms with Crippen LogP contribution in [-0.4, -0.2) is 17.5 Å². The van der Waals surface area contributed by atoms with Crippen molar-refractivity contribution in [3.8, 4) is 5.75 Å². The summed E-state index contributed by atoms with van der Waals surface area (Å²) in [6.07, 6.45) is 2.44. The van der Waals surface area contributed by atoms with Crippen LogP contribution in [0.25, 0.3) is 0 Å². The van der Waals surface area contributed by atoms with Gasteiger partial charge in [-0.25, -0.2) is 4.98 Å². The maximum atomic E-state index is 12.1. The molecule has 0 radical (unpaired) electrons. The van der Waals surface area contributed by atoms with Crippen LogP contribution in [0.5, 0.6) is 5.75 Å². The van der Waals surface area contributed by atoms with Crippen molar-refractivity contribution in [3.63, 3.8) is 0 Å². The molecule has 0 spiro atoms. The number of benzene rings is 1. The van der Waals surface area contributed by atoms with Gasteiger partial charge in [0.2, 0.25) is 0 Å². The van der Waals surface area contributed by atoms with E-state index in [9.17, 15) is 4.79 Å². The van der Waals surface area contributed by atoms with E-state index in [4.69, 9.17) is 16.3 Å². The van der Waals surface area contributed by atoms with Crippen molar-refractivity contribution in [1.82, 2.24) is 4.98 Å². The van der Waals surface area contributed by atoms with Crippen LogP contribution in [0.1, 0.15) is 23.7 Å². The lowest BCUT2D eigenvalue weighted by Crippen LogP contribution is -2.12. The van der Waals surface area contributed by atoms with Gasteiger partial charge in [0.25, 0.3) is 5.91 Å². The summed E-state index contributed by atoms with van der Waals surface area (Å²) in [5, 5.41) is 3.14. The Morgan fingerprint density at radius 3 is 2.81 bits per heavy atom. The molecule has 0 aliphatic rings. The number of amides is 1. The quantitative estimate of drug-likeness (QED) is 0.787. The van der Waals surface area contributed by atoms with Crippen molar-refractivity contribution in [2.24, 2.45) is 0 Å². The normalized spacial score (nSPS) is 10.2. The molecule has 0 atom stereocenters. The number of pyridine rings is 1. The van der Waals surface area contributed by atoms with Crippen molar-refractivity contribution in [2.75, 3.05) is 11.9 Å². The van der Waals surface area contributed by atoms with Crippen LogP contribution in [0.4, 0.5) is 5.69 Å². The van der Waals surface area contributed by atoms with Crippen molar-refractivity contribution >= 4 is 39.1 Å². The zero-order valence-corrected chi connectivity index (χ0v) is 13.7. The molecule has 2 aromatic rings. The van der Waals surface area contributed by atoms with E-state index in [2.05, 4.69) is 26.2 Å². The van der Waals surface area contributed by atoms with Gasteiger partial charge in [0.15, 0.2) is 0 Å². The van der Waals surface area contributed by atoms with Crippen LogP contribution >= 0.6 is 27.5 Å². The molecule has 0 saturated heterocycles. The summed E-state index contributed by atoms with van der Waals surface area (Å²) in [5.74, 6) is 0.503. The Kier molecular flexibility index (Phi) is 5.59. The summed E-state index contributed by atoms with van der Waals surface area (Å²) in [4.78, 5) is 16.1. The number of hydrogen-bond acceptors (Lipinski definition) is 3. The second kappa shape index (κ2) is 7.43. The molecule has 1 amide bonds. The largest absolute Gasteiger partial charge is 0.492 e. The lowest BCUT2D eigenvalue weighted by atomic mass is 10.2. The number of hydrogen-bond donors (Lipinski definition) is 1. The third kappa shape index (κ3) is 4.44. The minimum absolute atomic E-state index is 0.220. The fourth-order valence-electron chi connectivity index (χ4n) is 1.62. The van der Waals surface area contributed by atoms with E-state index in [1.807, 2.05) is 6.92 Å². The van der Waals surface area contributed by atoms with Crippen LogP contribution in [0.3, 0.4) is 0 Å². The predicted molar refractivity (Wildman–Crippen MR) is 87.1 cm³/mol. The summed E-state index contributed by atoms with van der Waals surface area (Å²) >= 11 is 9.11. The highest BCUT2D eigenvalue weighted by atomic mass is 79.9. The summed E-state index contributed by atoms with van der Waals surface area (Å²) < 4.78 is 6.30. The molecule has 4 nitrogen and oxygen atoms in total. The highest BCUT2D eigenvalue weighted by Gasteiger charge is 2.09. The van der Waals surface area contributed by atoms with Gasteiger partial charge in [0.05, 0.1) is 23.0 Å². The summed E-state index contributed by atoms with van der Waals surface area (Å²) in [6.45, 7) is 2.68. The smallest absolute Gasteiger partial charge is 0.255 e. The number of carbonyl (C=O) groups excluding carboxylic acids is 1. The number of ether oxygens (including phenoxy) is 1.